The first-order valence-corrected chi connectivity index (χ1v) is 10.8. The van der Waals surface area contributed by atoms with E-state index in [9.17, 15) is 0 Å². The number of rotatable bonds is 6. The van der Waals surface area contributed by atoms with Crippen molar-refractivity contribution in [3.8, 4) is 11.3 Å². The number of hydrogen-bond acceptors (Lipinski definition) is 5. The molecule has 0 saturated carbocycles. The number of fused-ring (bicyclic) bond motifs is 1. The molecule has 0 amide bonds. The molecule has 6 heteroatoms. The summed E-state index contributed by atoms with van der Waals surface area (Å²) < 4.78 is 7.55. The van der Waals surface area contributed by atoms with Gasteiger partial charge in [0.1, 0.15) is 5.82 Å². The fraction of sp³-hybridized carbons (Fsp3) is 0.280. The smallest absolute Gasteiger partial charge is 0.158 e. The summed E-state index contributed by atoms with van der Waals surface area (Å²) in [5, 5.41) is 4.90. The number of hydrogen-bond donors (Lipinski definition) is 0. The van der Waals surface area contributed by atoms with Gasteiger partial charge in [-0.3, -0.25) is 4.90 Å². The van der Waals surface area contributed by atoms with Gasteiger partial charge in [0.2, 0.25) is 0 Å². The van der Waals surface area contributed by atoms with Crippen molar-refractivity contribution in [1.82, 2.24) is 19.5 Å². The summed E-state index contributed by atoms with van der Waals surface area (Å²) in [6.45, 7) is 4.85. The Bertz CT molecular complexity index is 1140. The van der Waals surface area contributed by atoms with E-state index in [0.717, 1.165) is 67.8 Å². The van der Waals surface area contributed by atoms with Gasteiger partial charge in [-0.1, -0.05) is 60.7 Å². The number of morpholine rings is 1. The molecule has 6 nitrogen and oxygen atoms in total. The Hall–Kier alpha value is -3.22. The highest BCUT2D eigenvalue weighted by Gasteiger charge is 2.18. The highest BCUT2D eigenvalue weighted by Crippen LogP contribution is 2.25. The third-order valence-electron chi connectivity index (χ3n) is 5.59. The monoisotopic (exact) mass is 413 g/mol. The molecule has 3 heterocycles. The highest BCUT2D eigenvalue weighted by atomic mass is 16.5. The lowest BCUT2D eigenvalue weighted by molar-refractivity contribution is 0.122. The molecule has 1 saturated heterocycles. The molecule has 0 atom stereocenters. The fourth-order valence-corrected chi connectivity index (χ4v) is 4.09. The van der Waals surface area contributed by atoms with Crippen molar-refractivity contribution < 1.29 is 4.74 Å². The molecule has 1 aliphatic heterocycles. The zero-order valence-corrected chi connectivity index (χ0v) is 17.8. The van der Waals surface area contributed by atoms with Gasteiger partial charge in [-0.05, 0) is 12.6 Å². The Morgan fingerprint density at radius 2 is 1.61 bits per heavy atom. The fourth-order valence-electron chi connectivity index (χ4n) is 4.09. The molecule has 0 aliphatic carbocycles. The van der Waals surface area contributed by atoms with Gasteiger partial charge in [-0.2, -0.15) is 9.61 Å². The van der Waals surface area contributed by atoms with Crippen LogP contribution in [-0.2, 0) is 17.8 Å². The second kappa shape index (κ2) is 8.88. The van der Waals surface area contributed by atoms with Gasteiger partial charge in [0, 0.05) is 43.9 Å². The van der Waals surface area contributed by atoms with Crippen LogP contribution in [0.25, 0.3) is 16.9 Å². The first-order valence-electron chi connectivity index (χ1n) is 10.8. The topological polar surface area (TPSA) is 45.9 Å². The SMILES string of the molecule is CN(Cc1ccccc1)Cc1cc(N2CCOCC2)n2nc(-c3ccccc3)cc2n1. The molecule has 2 aromatic carbocycles. The van der Waals surface area contributed by atoms with Crippen molar-refractivity contribution in [3.63, 3.8) is 0 Å². The Morgan fingerprint density at radius 1 is 0.903 bits per heavy atom. The van der Waals surface area contributed by atoms with E-state index < -0.39 is 0 Å². The summed E-state index contributed by atoms with van der Waals surface area (Å²) in [5.74, 6) is 1.08. The van der Waals surface area contributed by atoms with Gasteiger partial charge in [-0.25, -0.2) is 4.98 Å². The van der Waals surface area contributed by atoms with Crippen LogP contribution in [-0.4, -0.2) is 52.8 Å². The van der Waals surface area contributed by atoms with Crippen LogP contribution in [0.5, 0.6) is 0 Å². The maximum Gasteiger partial charge on any atom is 0.158 e. The van der Waals surface area contributed by atoms with Crippen LogP contribution < -0.4 is 4.90 Å². The Kier molecular flexibility index (Phi) is 5.65. The molecule has 2 aromatic heterocycles. The summed E-state index contributed by atoms with van der Waals surface area (Å²) in [5.41, 5.74) is 5.27. The minimum absolute atomic E-state index is 0.736. The third kappa shape index (κ3) is 4.45. The summed E-state index contributed by atoms with van der Waals surface area (Å²) >= 11 is 0. The van der Waals surface area contributed by atoms with Crippen LogP contribution in [0, 0.1) is 0 Å². The minimum Gasteiger partial charge on any atom is -0.378 e. The molecule has 0 spiro atoms. The quantitative estimate of drug-likeness (QED) is 0.480. The molecule has 31 heavy (non-hydrogen) atoms. The average Bonchev–Trinajstić information content (AvgIpc) is 3.24. The third-order valence-corrected chi connectivity index (χ3v) is 5.59. The lowest BCUT2D eigenvalue weighted by Crippen LogP contribution is -2.37. The van der Waals surface area contributed by atoms with E-state index >= 15 is 0 Å². The maximum atomic E-state index is 5.57. The van der Waals surface area contributed by atoms with Crippen LogP contribution in [0.15, 0.2) is 72.8 Å². The molecule has 5 rings (SSSR count). The van der Waals surface area contributed by atoms with Crippen molar-refractivity contribution in [2.45, 2.75) is 13.1 Å². The zero-order valence-electron chi connectivity index (χ0n) is 17.8. The Morgan fingerprint density at radius 3 is 2.35 bits per heavy atom. The van der Waals surface area contributed by atoms with Crippen molar-refractivity contribution in [1.29, 1.82) is 0 Å². The molecule has 1 aliphatic rings. The lowest BCUT2D eigenvalue weighted by atomic mass is 10.2. The number of ether oxygens (including phenoxy) is 1. The van der Waals surface area contributed by atoms with Gasteiger partial charge >= 0.3 is 0 Å². The maximum absolute atomic E-state index is 5.57. The predicted octanol–water partition coefficient (Wildman–Crippen LogP) is 3.86. The zero-order chi connectivity index (χ0) is 21.0. The normalized spacial score (nSPS) is 14.5. The van der Waals surface area contributed by atoms with E-state index in [1.807, 2.05) is 22.7 Å². The van der Waals surface area contributed by atoms with Gasteiger partial charge < -0.3 is 9.64 Å². The van der Waals surface area contributed by atoms with E-state index in [-0.39, 0.29) is 0 Å². The van der Waals surface area contributed by atoms with E-state index in [4.69, 9.17) is 14.8 Å². The van der Waals surface area contributed by atoms with Crippen molar-refractivity contribution >= 4 is 11.5 Å². The van der Waals surface area contributed by atoms with Crippen molar-refractivity contribution in [2.24, 2.45) is 0 Å². The Balaban J connectivity index is 1.49. The van der Waals surface area contributed by atoms with E-state index in [2.05, 4.69) is 71.4 Å². The van der Waals surface area contributed by atoms with Crippen LogP contribution >= 0.6 is 0 Å². The summed E-state index contributed by atoms with van der Waals surface area (Å²) in [4.78, 5) is 9.60. The number of nitrogens with zero attached hydrogens (tertiary/aromatic N) is 5. The van der Waals surface area contributed by atoms with Crippen LogP contribution in [0.1, 0.15) is 11.3 Å². The molecular formula is C25H27N5O. The number of aromatic nitrogens is 3. The number of anilines is 1. The predicted molar refractivity (Wildman–Crippen MR) is 123 cm³/mol. The Labute approximate surface area is 182 Å². The number of benzene rings is 2. The van der Waals surface area contributed by atoms with E-state index in [0.29, 0.717) is 0 Å². The summed E-state index contributed by atoms with van der Waals surface area (Å²) in [6.07, 6.45) is 0. The largest absolute Gasteiger partial charge is 0.378 e. The van der Waals surface area contributed by atoms with Gasteiger partial charge in [-0.15, -0.1) is 0 Å². The molecule has 0 unspecified atom stereocenters. The first-order chi connectivity index (χ1) is 15.3. The second-order valence-electron chi connectivity index (χ2n) is 8.03. The van der Waals surface area contributed by atoms with Crippen molar-refractivity contribution in [2.75, 3.05) is 38.3 Å². The van der Waals surface area contributed by atoms with Gasteiger partial charge in [0.05, 0.1) is 24.6 Å². The molecule has 1 fully saturated rings. The van der Waals surface area contributed by atoms with Gasteiger partial charge in [0.15, 0.2) is 5.65 Å². The molecular weight excluding hydrogens is 386 g/mol. The summed E-state index contributed by atoms with van der Waals surface area (Å²) in [6, 6.07) is 25.1. The van der Waals surface area contributed by atoms with E-state index in [1.54, 1.807) is 0 Å². The lowest BCUT2D eigenvalue weighted by Gasteiger charge is -2.29. The minimum atomic E-state index is 0.736. The molecule has 0 N–H and O–H groups in total. The molecule has 0 bridgehead atoms. The molecule has 4 aromatic rings. The average molecular weight is 414 g/mol. The van der Waals surface area contributed by atoms with Crippen LogP contribution in [0.2, 0.25) is 0 Å². The molecule has 0 radical (unpaired) electrons. The second-order valence-corrected chi connectivity index (χ2v) is 8.03. The summed E-state index contributed by atoms with van der Waals surface area (Å²) in [7, 11) is 2.14. The first kappa shape index (κ1) is 19.7. The van der Waals surface area contributed by atoms with Crippen LogP contribution in [0.4, 0.5) is 5.82 Å². The van der Waals surface area contributed by atoms with Crippen molar-refractivity contribution in [3.05, 3.63) is 84.1 Å². The standard InChI is InChI=1S/C25H27N5O/c1-28(18-20-8-4-2-5-9-20)19-22-16-25(29-12-14-31-15-13-29)30-24(26-22)17-23(27-30)21-10-6-3-7-11-21/h2-11,16-17H,12-15,18-19H2,1H3. The molecule has 158 valence electrons. The highest BCUT2D eigenvalue weighted by molar-refractivity contribution is 5.66. The van der Waals surface area contributed by atoms with E-state index in [1.165, 1.54) is 5.56 Å². The van der Waals surface area contributed by atoms with Gasteiger partial charge in [0.25, 0.3) is 0 Å². The van der Waals surface area contributed by atoms with Crippen LogP contribution in [0.3, 0.4) is 0 Å².